The van der Waals surface area contributed by atoms with E-state index in [4.69, 9.17) is 18.9 Å². The molecule has 0 radical (unpaired) electrons. The SMILES string of the molecule is COC(=O)c1c(NC(=O)c2cc(OC)c(OC)c(OC)c2)sc2c1CCC(C(C)(C)C)C2. The number of rotatable bonds is 6. The molecule has 1 heterocycles. The highest BCUT2D eigenvalue weighted by atomic mass is 32.1. The monoisotopic (exact) mass is 461 g/mol. The fraction of sp³-hybridized carbons (Fsp3) is 0.500. The maximum absolute atomic E-state index is 13.1. The number of esters is 1. The van der Waals surface area contributed by atoms with E-state index in [0.717, 1.165) is 29.7 Å². The van der Waals surface area contributed by atoms with Crippen LogP contribution in [0.1, 0.15) is 58.3 Å². The minimum atomic E-state index is -0.433. The minimum absolute atomic E-state index is 0.173. The topological polar surface area (TPSA) is 83.1 Å². The Balaban J connectivity index is 1.98. The Kier molecular flexibility index (Phi) is 7.03. The third-order valence-corrected chi connectivity index (χ3v) is 7.20. The van der Waals surface area contributed by atoms with Crippen molar-refractivity contribution < 1.29 is 28.5 Å². The summed E-state index contributed by atoms with van der Waals surface area (Å²) < 4.78 is 21.1. The molecule has 1 aliphatic carbocycles. The van der Waals surface area contributed by atoms with Crippen molar-refractivity contribution in [1.29, 1.82) is 0 Å². The Morgan fingerprint density at radius 3 is 2.16 bits per heavy atom. The normalized spacial score (nSPS) is 15.5. The Morgan fingerprint density at radius 2 is 1.66 bits per heavy atom. The number of thiophene rings is 1. The van der Waals surface area contributed by atoms with E-state index in [2.05, 4.69) is 26.1 Å². The van der Waals surface area contributed by atoms with Gasteiger partial charge in [-0.1, -0.05) is 20.8 Å². The highest BCUT2D eigenvalue weighted by molar-refractivity contribution is 7.17. The molecule has 1 aromatic heterocycles. The summed E-state index contributed by atoms with van der Waals surface area (Å²) in [6.45, 7) is 6.72. The van der Waals surface area contributed by atoms with Crippen molar-refractivity contribution in [2.45, 2.75) is 40.0 Å². The summed E-state index contributed by atoms with van der Waals surface area (Å²) in [7, 11) is 5.85. The van der Waals surface area contributed by atoms with Gasteiger partial charge in [0.25, 0.3) is 5.91 Å². The number of fused-ring (bicyclic) bond motifs is 1. The van der Waals surface area contributed by atoms with Gasteiger partial charge >= 0.3 is 5.97 Å². The molecule has 0 bridgehead atoms. The first-order valence-corrected chi connectivity index (χ1v) is 11.3. The fourth-order valence-corrected chi connectivity index (χ4v) is 5.43. The van der Waals surface area contributed by atoms with Crippen LogP contribution >= 0.6 is 11.3 Å². The molecule has 32 heavy (non-hydrogen) atoms. The summed E-state index contributed by atoms with van der Waals surface area (Å²) in [4.78, 5) is 26.9. The van der Waals surface area contributed by atoms with Crippen LogP contribution in [0.2, 0.25) is 0 Å². The first kappa shape index (κ1) is 23.9. The van der Waals surface area contributed by atoms with Crippen LogP contribution in [0.25, 0.3) is 0 Å². The number of anilines is 1. The molecule has 1 unspecified atom stereocenters. The molecule has 3 rings (SSSR count). The Hall–Kier alpha value is -2.74. The molecule has 1 N–H and O–H groups in total. The standard InChI is InChI=1S/C24H31NO6S/c1-24(2,3)14-8-9-15-18(12-14)32-22(19(15)23(27)31-7)25-21(26)13-10-16(28-4)20(30-6)17(11-13)29-5/h10-11,14H,8-9,12H2,1-7H3,(H,25,26). The lowest BCUT2D eigenvalue weighted by Crippen LogP contribution is -2.26. The number of amides is 1. The number of hydrogen-bond acceptors (Lipinski definition) is 7. The Bertz CT molecular complexity index is 995. The second kappa shape index (κ2) is 9.40. The molecular weight excluding hydrogens is 430 g/mol. The number of benzene rings is 1. The van der Waals surface area contributed by atoms with Gasteiger partial charge in [0.05, 0.1) is 34.0 Å². The molecule has 1 aliphatic rings. The zero-order valence-corrected chi connectivity index (χ0v) is 20.5. The van der Waals surface area contributed by atoms with Gasteiger partial charge in [-0.2, -0.15) is 0 Å². The number of hydrogen-bond donors (Lipinski definition) is 1. The lowest BCUT2D eigenvalue weighted by Gasteiger charge is -2.33. The average Bonchev–Trinajstić information content (AvgIpc) is 3.13. The van der Waals surface area contributed by atoms with Gasteiger partial charge in [0.1, 0.15) is 5.00 Å². The van der Waals surface area contributed by atoms with Crippen LogP contribution in [0.15, 0.2) is 12.1 Å². The summed E-state index contributed by atoms with van der Waals surface area (Å²) in [6, 6.07) is 3.16. The van der Waals surface area contributed by atoms with E-state index in [0.29, 0.717) is 39.3 Å². The van der Waals surface area contributed by atoms with Crippen LogP contribution in [0.4, 0.5) is 5.00 Å². The van der Waals surface area contributed by atoms with Gasteiger partial charge in [-0.3, -0.25) is 4.79 Å². The second-order valence-corrected chi connectivity index (χ2v) is 9.98. The first-order valence-electron chi connectivity index (χ1n) is 10.5. The quantitative estimate of drug-likeness (QED) is 0.612. The molecular formula is C24H31NO6S. The van der Waals surface area contributed by atoms with Gasteiger partial charge in [0, 0.05) is 10.4 Å². The molecule has 7 nitrogen and oxygen atoms in total. The van der Waals surface area contributed by atoms with Gasteiger partial charge in [0.15, 0.2) is 11.5 Å². The maximum Gasteiger partial charge on any atom is 0.341 e. The highest BCUT2D eigenvalue weighted by Crippen LogP contribution is 2.45. The van der Waals surface area contributed by atoms with Crippen molar-refractivity contribution in [1.82, 2.24) is 0 Å². The van der Waals surface area contributed by atoms with E-state index >= 15 is 0 Å². The molecule has 174 valence electrons. The van der Waals surface area contributed by atoms with E-state index in [1.165, 1.54) is 39.8 Å². The summed E-state index contributed by atoms with van der Waals surface area (Å²) in [5, 5.41) is 3.43. The first-order chi connectivity index (χ1) is 15.1. The summed E-state index contributed by atoms with van der Waals surface area (Å²) in [5.74, 6) is 0.865. The third-order valence-electron chi connectivity index (χ3n) is 6.03. The Morgan fingerprint density at radius 1 is 1.03 bits per heavy atom. The number of carbonyl (C=O) groups excluding carboxylic acids is 2. The maximum atomic E-state index is 13.1. The molecule has 0 aliphatic heterocycles. The third kappa shape index (κ3) is 4.55. The highest BCUT2D eigenvalue weighted by Gasteiger charge is 2.34. The van der Waals surface area contributed by atoms with Gasteiger partial charge in [-0.25, -0.2) is 4.79 Å². The van der Waals surface area contributed by atoms with Crippen molar-refractivity contribution in [3.05, 3.63) is 33.7 Å². The van der Waals surface area contributed by atoms with E-state index < -0.39 is 5.97 Å². The molecule has 0 fully saturated rings. The smallest absolute Gasteiger partial charge is 0.341 e. The minimum Gasteiger partial charge on any atom is -0.493 e. The van der Waals surface area contributed by atoms with Crippen LogP contribution in [-0.2, 0) is 17.6 Å². The van der Waals surface area contributed by atoms with E-state index in [9.17, 15) is 9.59 Å². The van der Waals surface area contributed by atoms with Gasteiger partial charge in [-0.05, 0) is 48.3 Å². The van der Waals surface area contributed by atoms with Gasteiger partial charge in [0.2, 0.25) is 5.75 Å². The average molecular weight is 462 g/mol. The zero-order chi connectivity index (χ0) is 23.6. The summed E-state index contributed by atoms with van der Waals surface area (Å²) in [5.41, 5.74) is 1.95. The molecule has 0 saturated heterocycles. The van der Waals surface area contributed by atoms with Crippen molar-refractivity contribution in [3.63, 3.8) is 0 Å². The van der Waals surface area contributed by atoms with Crippen molar-refractivity contribution >= 4 is 28.2 Å². The van der Waals surface area contributed by atoms with Crippen LogP contribution in [-0.4, -0.2) is 40.3 Å². The molecule has 8 heteroatoms. The van der Waals surface area contributed by atoms with Gasteiger partial charge in [-0.15, -0.1) is 11.3 Å². The van der Waals surface area contributed by atoms with Crippen LogP contribution in [0.3, 0.4) is 0 Å². The number of nitrogens with one attached hydrogen (secondary N) is 1. The predicted octanol–water partition coefficient (Wildman–Crippen LogP) is 4.96. The van der Waals surface area contributed by atoms with Crippen molar-refractivity contribution in [2.24, 2.45) is 11.3 Å². The van der Waals surface area contributed by atoms with E-state index in [1.54, 1.807) is 12.1 Å². The molecule has 2 aromatic rings. The number of ether oxygens (including phenoxy) is 4. The summed E-state index contributed by atoms with van der Waals surface area (Å²) >= 11 is 1.46. The number of carbonyl (C=O) groups is 2. The molecule has 0 saturated carbocycles. The van der Waals surface area contributed by atoms with Crippen molar-refractivity contribution in [2.75, 3.05) is 33.8 Å². The van der Waals surface area contributed by atoms with Crippen molar-refractivity contribution in [3.8, 4) is 17.2 Å². The largest absolute Gasteiger partial charge is 0.493 e. The molecule has 1 amide bonds. The van der Waals surface area contributed by atoms with Crippen LogP contribution < -0.4 is 19.5 Å². The van der Waals surface area contributed by atoms with Gasteiger partial charge < -0.3 is 24.3 Å². The lowest BCUT2D eigenvalue weighted by atomic mass is 9.72. The molecule has 1 atom stereocenters. The number of methoxy groups -OCH3 is 4. The summed E-state index contributed by atoms with van der Waals surface area (Å²) in [6.07, 6.45) is 2.67. The van der Waals surface area contributed by atoms with E-state index in [1.807, 2.05) is 0 Å². The molecule has 1 aromatic carbocycles. The van der Waals surface area contributed by atoms with E-state index in [-0.39, 0.29) is 11.3 Å². The van der Waals surface area contributed by atoms with Crippen LogP contribution in [0, 0.1) is 11.3 Å². The lowest BCUT2D eigenvalue weighted by molar-refractivity contribution is 0.0600. The van der Waals surface area contributed by atoms with Crippen LogP contribution in [0.5, 0.6) is 17.2 Å². The predicted molar refractivity (Wildman–Crippen MR) is 125 cm³/mol. The Labute approximate surface area is 193 Å². The molecule has 0 spiro atoms. The zero-order valence-electron chi connectivity index (χ0n) is 19.7. The fourth-order valence-electron chi connectivity index (χ4n) is 4.12. The second-order valence-electron chi connectivity index (χ2n) is 8.87.